The van der Waals surface area contributed by atoms with E-state index in [4.69, 9.17) is 27.6 Å². The number of carbonyl (C=O) groups excluding carboxylic acids is 1. The summed E-state index contributed by atoms with van der Waals surface area (Å²) in [6, 6.07) is 9.78. The van der Waals surface area contributed by atoms with E-state index in [1.807, 2.05) is 24.3 Å². The number of nitriles is 1. The van der Waals surface area contributed by atoms with E-state index in [-0.39, 0.29) is 11.9 Å². The van der Waals surface area contributed by atoms with Crippen LogP contribution >= 0.6 is 11.6 Å². The third-order valence-corrected chi connectivity index (χ3v) is 6.48. The molecule has 2 aromatic heterocycles. The van der Waals surface area contributed by atoms with Gasteiger partial charge in [0.05, 0.1) is 40.9 Å². The summed E-state index contributed by atoms with van der Waals surface area (Å²) in [4.78, 5) is 24.3. The number of nitrogens with zero attached hydrogens (tertiary/aromatic N) is 5. The second kappa shape index (κ2) is 7.08. The molecule has 2 N–H and O–H groups in total. The Labute approximate surface area is 179 Å². The minimum atomic E-state index is -0.529. The lowest BCUT2D eigenvalue weighted by Crippen LogP contribution is -2.54. The van der Waals surface area contributed by atoms with Gasteiger partial charge in [-0.25, -0.2) is 4.98 Å². The fourth-order valence-electron chi connectivity index (χ4n) is 4.86. The molecule has 3 heterocycles. The summed E-state index contributed by atoms with van der Waals surface area (Å²) in [5.74, 6) is 0.842. The maximum Gasteiger partial charge on any atom is 0.238 e. The zero-order valence-corrected chi connectivity index (χ0v) is 17.1. The van der Waals surface area contributed by atoms with Crippen LogP contribution in [0.15, 0.2) is 36.7 Å². The van der Waals surface area contributed by atoms with Crippen molar-refractivity contribution in [1.29, 1.82) is 5.26 Å². The first kappa shape index (κ1) is 19.0. The molecule has 0 unspecified atom stereocenters. The Morgan fingerprint density at radius 3 is 2.93 bits per heavy atom. The first-order valence-corrected chi connectivity index (χ1v) is 10.4. The van der Waals surface area contributed by atoms with Crippen LogP contribution in [0.3, 0.4) is 0 Å². The lowest BCUT2D eigenvalue weighted by atomic mass is 9.62. The van der Waals surface area contributed by atoms with E-state index in [9.17, 15) is 4.79 Å². The van der Waals surface area contributed by atoms with Gasteiger partial charge in [-0.15, -0.1) is 0 Å². The molecular weight excluding hydrogens is 400 g/mol. The lowest BCUT2D eigenvalue weighted by Gasteiger charge is -2.42. The first-order valence-electron chi connectivity index (χ1n) is 10.1. The average molecular weight is 421 g/mol. The summed E-state index contributed by atoms with van der Waals surface area (Å²) in [7, 11) is 0. The van der Waals surface area contributed by atoms with E-state index >= 15 is 0 Å². The zero-order valence-electron chi connectivity index (χ0n) is 16.4. The minimum absolute atomic E-state index is 0.0487. The molecule has 1 fully saturated rings. The number of halogens is 1. The first-order chi connectivity index (χ1) is 14.5. The van der Waals surface area contributed by atoms with Crippen molar-refractivity contribution in [3.05, 3.63) is 53.1 Å². The van der Waals surface area contributed by atoms with Gasteiger partial charge in [0.25, 0.3) is 0 Å². The van der Waals surface area contributed by atoms with Gasteiger partial charge in [-0.05, 0) is 49.1 Å². The average Bonchev–Trinajstić information content (AvgIpc) is 3.16. The highest BCUT2D eigenvalue weighted by atomic mass is 35.5. The highest BCUT2D eigenvalue weighted by Crippen LogP contribution is 2.53. The predicted octanol–water partition coefficient (Wildman–Crippen LogP) is 3.29. The Morgan fingerprint density at radius 1 is 1.33 bits per heavy atom. The van der Waals surface area contributed by atoms with E-state index in [1.165, 1.54) is 0 Å². The fourth-order valence-corrected chi connectivity index (χ4v) is 5.02. The molecule has 5 rings (SSSR count). The van der Waals surface area contributed by atoms with Crippen molar-refractivity contribution >= 4 is 34.2 Å². The molecule has 1 aliphatic carbocycles. The van der Waals surface area contributed by atoms with E-state index < -0.39 is 5.41 Å². The molecular formula is C22H21ClN6O. The van der Waals surface area contributed by atoms with Crippen molar-refractivity contribution in [2.45, 2.75) is 50.2 Å². The Hall–Kier alpha value is -2.95. The number of hydrogen-bond acceptors (Lipinski definition) is 5. The second-order valence-corrected chi connectivity index (χ2v) is 8.55. The molecule has 8 heteroatoms. The van der Waals surface area contributed by atoms with E-state index in [0.29, 0.717) is 43.8 Å². The molecule has 7 nitrogen and oxygen atoms in total. The normalized spacial score (nSPS) is 22.4. The summed E-state index contributed by atoms with van der Waals surface area (Å²) in [6.07, 6.45) is 5.98. The van der Waals surface area contributed by atoms with Gasteiger partial charge in [0.1, 0.15) is 5.82 Å². The number of anilines is 1. The molecule has 0 bridgehead atoms. The van der Waals surface area contributed by atoms with Gasteiger partial charge in [-0.1, -0.05) is 11.6 Å². The van der Waals surface area contributed by atoms with Crippen molar-refractivity contribution in [1.82, 2.24) is 14.5 Å². The quantitative estimate of drug-likeness (QED) is 0.638. The Balaban J connectivity index is 1.55. The number of imidazole rings is 1. The van der Waals surface area contributed by atoms with Crippen molar-refractivity contribution in [2.75, 3.05) is 4.90 Å². The summed E-state index contributed by atoms with van der Waals surface area (Å²) in [5.41, 5.74) is 9.12. The van der Waals surface area contributed by atoms with Crippen LogP contribution in [0.5, 0.6) is 0 Å². The molecule has 30 heavy (non-hydrogen) atoms. The molecule has 1 saturated carbocycles. The van der Waals surface area contributed by atoms with Crippen LogP contribution in [0, 0.1) is 11.3 Å². The van der Waals surface area contributed by atoms with Crippen molar-refractivity contribution in [3.8, 4) is 6.07 Å². The number of fused-ring (bicyclic) bond motifs is 3. The molecule has 0 radical (unpaired) electrons. The summed E-state index contributed by atoms with van der Waals surface area (Å²) in [6.45, 7) is 0.992. The molecule has 1 spiro atoms. The van der Waals surface area contributed by atoms with Crippen LogP contribution in [-0.4, -0.2) is 26.5 Å². The standard InChI is InChI=1S/C22H21ClN6O/c23-14-3-4-18-17(9-14)27-20(28(18)8-2-1-6-24)13-29-19-12-26-7-5-16(19)22(21(29)30)10-15(25)11-22/h3-5,7,9,12,15H,1-2,8,10-11,13,25H2/t15-,22+. The van der Waals surface area contributed by atoms with Gasteiger partial charge in [0.2, 0.25) is 5.91 Å². The number of hydrogen-bond donors (Lipinski definition) is 1. The van der Waals surface area contributed by atoms with E-state index in [0.717, 1.165) is 28.1 Å². The maximum atomic E-state index is 13.5. The van der Waals surface area contributed by atoms with Crippen LogP contribution in [-0.2, 0) is 23.3 Å². The van der Waals surface area contributed by atoms with Gasteiger partial charge in [0, 0.05) is 30.2 Å². The molecule has 1 amide bonds. The Bertz CT molecular complexity index is 1190. The lowest BCUT2D eigenvalue weighted by molar-refractivity contribution is -0.126. The smallest absolute Gasteiger partial charge is 0.238 e. The summed E-state index contributed by atoms with van der Waals surface area (Å²) in [5, 5.41) is 9.55. The van der Waals surface area contributed by atoms with Crippen molar-refractivity contribution in [3.63, 3.8) is 0 Å². The fraction of sp³-hybridized carbons (Fsp3) is 0.364. The highest BCUT2D eigenvalue weighted by molar-refractivity contribution is 6.31. The van der Waals surface area contributed by atoms with Crippen LogP contribution in [0.2, 0.25) is 5.02 Å². The van der Waals surface area contributed by atoms with Gasteiger partial charge < -0.3 is 15.2 Å². The number of amides is 1. The van der Waals surface area contributed by atoms with Crippen LogP contribution in [0.4, 0.5) is 5.69 Å². The van der Waals surface area contributed by atoms with Crippen molar-refractivity contribution < 1.29 is 4.79 Å². The van der Waals surface area contributed by atoms with E-state index in [1.54, 1.807) is 17.3 Å². The number of rotatable bonds is 5. The number of carbonyl (C=O) groups is 1. The molecule has 1 aliphatic heterocycles. The number of benzene rings is 1. The van der Waals surface area contributed by atoms with Gasteiger partial charge in [0.15, 0.2) is 0 Å². The van der Waals surface area contributed by atoms with E-state index in [2.05, 4.69) is 15.6 Å². The van der Waals surface area contributed by atoms with Gasteiger partial charge in [-0.2, -0.15) is 5.26 Å². The Kier molecular flexibility index (Phi) is 4.49. The minimum Gasteiger partial charge on any atom is -0.328 e. The number of aryl methyl sites for hydroxylation is 1. The zero-order chi connectivity index (χ0) is 20.9. The third kappa shape index (κ3) is 2.79. The van der Waals surface area contributed by atoms with Crippen LogP contribution < -0.4 is 10.6 Å². The van der Waals surface area contributed by atoms with Crippen LogP contribution in [0.1, 0.15) is 37.1 Å². The number of unbranched alkanes of at least 4 members (excludes halogenated alkanes) is 1. The van der Waals surface area contributed by atoms with Crippen LogP contribution in [0.25, 0.3) is 11.0 Å². The largest absolute Gasteiger partial charge is 0.328 e. The monoisotopic (exact) mass is 420 g/mol. The SMILES string of the molecule is N#CCCCn1c(CN2c3cnccc3[C@]3(C[C@H](N)C3)C2=O)nc2cc(Cl)ccc21. The molecule has 0 atom stereocenters. The maximum absolute atomic E-state index is 13.5. The van der Waals surface area contributed by atoms with Crippen molar-refractivity contribution in [2.24, 2.45) is 5.73 Å². The van der Waals surface area contributed by atoms with Gasteiger partial charge >= 0.3 is 0 Å². The summed E-state index contributed by atoms with van der Waals surface area (Å²) < 4.78 is 2.09. The van der Waals surface area contributed by atoms with Gasteiger partial charge in [-0.3, -0.25) is 9.78 Å². The highest BCUT2D eigenvalue weighted by Gasteiger charge is 2.57. The second-order valence-electron chi connectivity index (χ2n) is 8.11. The molecule has 152 valence electrons. The Morgan fingerprint density at radius 2 is 2.17 bits per heavy atom. The number of aromatic nitrogens is 3. The molecule has 0 saturated heterocycles. The number of pyridine rings is 1. The predicted molar refractivity (Wildman–Crippen MR) is 114 cm³/mol. The molecule has 1 aromatic carbocycles. The topological polar surface area (TPSA) is 101 Å². The third-order valence-electron chi connectivity index (χ3n) is 6.24. The number of nitrogens with two attached hydrogens (primary N) is 1. The summed E-state index contributed by atoms with van der Waals surface area (Å²) >= 11 is 6.17. The molecule has 2 aliphatic rings. The molecule has 3 aromatic rings.